The molecule has 0 aliphatic carbocycles. The number of nitriles is 1. The van der Waals surface area contributed by atoms with Crippen molar-refractivity contribution in [2.45, 2.75) is 12.8 Å². The second-order valence-electron chi connectivity index (χ2n) is 4.97. The molecule has 106 valence electrons. The van der Waals surface area contributed by atoms with Gasteiger partial charge >= 0.3 is 5.63 Å². The first-order valence-electron chi connectivity index (χ1n) is 6.78. The highest BCUT2D eigenvalue weighted by molar-refractivity contribution is 6.30. The fourth-order valence-electron chi connectivity index (χ4n) is 2.55. The highest BCUT2D eigenvalue weighted by atomic mass is 35.5. The zero-order chi connectivity index (χ0) is 14.8. The van der Waals surface area contributed by atoms with E-state index < -0.39 is 5.63 Å². The minimum Gasteiger partial charge on any atom is -0.422 e. The van der Waals surface area contributed by atoms with Gasteiger partial charge in [0.2, 0.25) is 0 Å². The molecule has 0 saturated carbocycles. The first-order valence-corrected chi connectivity index (χ1v) is 7.16. The van der Waals surface area contributed by atoms with Gasteiger partial charge in [-0.3, -0.25) is 0 Å². The van der Waals surface area contributed by atoms with Crippen LogP contribution in [0.2, 0.25) is 5.02 Å². The molecule has 4 nitrogen and oxygen atoms in total. The number of hydrogen-bond donors (Lipinski definition) is 0. The first kappa shape index (κ1) is 13.7. The van der Waals surface area contributed by atoms with Crippen LogP contribution in [0.5, 0.6) is 0 Å². The van der Waals surface area contributed by atoms with Crippen molar-refractivity contribution in [2.75, 3.05) is 18.0 Å². The van der Waals surface area contributed by atoms with E-state index in [-0.39, 0.29) is 5.56 Å². The normalized spacial score (nSPS) is 14.2. The van der Waals surface area contributed by atoms with Crippen molar-refractivity contribution in [1.82, 2.24) is 0 Å². The van der Waals surface area contributed by atoms with Gasteiger partial charge in [0.1, 0.15) is 11.8 Å². The first-order chi connectivity index (χ1) is 10.2. The fourth-order valence-corrected chi connectivity index (χ4v) is 2.67. The third-order valence-corrected chi connectivity index (χ3v) is 3.87. The molecule has 0 unspecified atom stereocenters. The molecule has 1 fully saturated rings. The lowest BCUT2D eigenvalue weighted by molar-refractivity contribution is 0.523. The second-order valence-corrected chi connectivity index (χ2v) is 5.41. The van der Waals surface area contributed by atoms with Crippen molar-refractivity contribution in [3.8, 4) is 17.4 Å². The molecule has 0 N–H and O–H groups in total. The third kappa shape index (κ3) is 2.65. The summed E-state index contributed by atoms with van der Waals surface area (Å²) in [4.78, 5) is 14.1. The van der Waals surface area contributed by atoms with E-state index in [0.717, 1.165) is 31.5 Å². The summed E-state index contributed by atoms with van der Waals surface area (Å²) in [7, 11) is 0. The van der Waals surface area contributed by atoms with Crippen LogP contribution in [-0.2, 0) is 0 Å². The molecule has 5 heteroatoms. The van der Waals surface area contributed by atoms with Gasteiger partial charge in [-0.15, -0.1) is 0 Å². The van der Waals surface area contributed by atoms with E-state index in [1.54, 1.807) is 30.3 Å². The van der Waals surface area contributed by atoms with Crippen LogP contribution in [0.15, 0.2) is 39.5 Å². The maximum Gasteiger partial charge on any atom is 0.356 e. The summed E-state index contributed by atoms with van der Waals surface area (Å²) < 4.78 is 5.28. The highest BCUT2D eigenvalue weighted by Crippen LogP contribution is 2.28. The lowest BCUT2D eigenvalue weighted by atomic mass is 10.1. The van der Waals surface area contributed by atoms with Crippen molar-refractivity contribution in [1.29, 1.82) is 5.26 Å². The van der Waals surface area contributed by atoms with Crippen molar-refractivity contribution < 1.29 is 4.42 Å². The van der Waals surface area contributed by atoms with Crippen LogP contribution in [0.4, 0.5) is 5.69 Å². The molecule has 2 aromatic rings. The predicted octanol–water partition coefficient (Wildman–Crippen LogP) is 3.43. The topological polar surface area (TPSA) is 57.2 Å². The smallest absolute Gasteiger partial charge is 0.356 e. The Bertz CT molecular complexity index is 753. The van der Waals surface area contributed by atoms with Gasteiger partial charge < -0.3 is 9.32 Å². The Morgan fingerprint density at radius 1 is 1.19 bits per heavy atom. The van der Waals surface area contributed by atoms with Gasteiger partial charge in [-0.05, 0) is 37.1 Å². The highest BCUT2D eigenvalue weighted by Gasteiger charge is 2.20. The van der Waals surface area contributed by atoms with Gasteiger partial charge in [-0.1, -0.05) is 11.6 Å². The van der Waals surface area contributed by atoms with E-state index in [1.165, 1.54) is 0 Å². The number of hydrogen-bond acceptors (Lipinski definition) is 4. The zero-order valence-corrected chi connectivity index (χ0v) is 12.1. The molecule has 1 aliphatic heterocycles. The number of rotatable bonds is 2. The molecule has 3 rings (SSSR count). The summed E-state index contributed by atoms with van der Waals surface area (Å²) in [5, 5.41) is 9.82. The Morgan fingerprint density at radius 3 is 2.48 bits per heavy atom. The average Bonchev–Trinajstić information content (AvgIpc) is 3.01. The monoisotopic (exact) mass is 300 g/mol. The van der Waals surface area contributed by atoms with Gasteiger partial charge in [0.15, 0.2) is 5.56 Å². The Balaban J connectivity index is 2.13. The summed E-state index contributed by atoms with van der Waals surface area (Å²) in [6.45, 7) is 1.72. The zero-order valence-electron chi connectivity index (χ0n) is 11.3. The SMILES string of the molecule is N#Cc1c(N2CCCC2)cc(-c2ccc(Cl)cc2)oc1=O. The third-order valence-electron chi connectivity index (χ3n) is 3.62. The van der Waals surface area contributed by atoms with Gasteiger partial charge in [0.25, 0.3) is 0 Å². The van der Waals surface area contributed by atoms with Crippen molar-refractivity contribution in [3.63, 3.8) is 0 Å². The average molecular weight is 301 g/mol. The van der Waals surface area contributed by atoms with Gasteiger partial charge in [0.05, 0.1) is 5.69 Å². The Morgan fingerprint density at radius 2 is 1.86 bits per heavy atom. The molecule has 1 aliphatic rings. The van der Waals surface area contributed by atoms with Gasteiger partial charge in [0, 0.05) is 29.7 Å². The molecule has 21 heavy (non-hydrogen) atoms. The predicted molar refractivity (Wildman–Crippen MR) is 81.6 cm³/mol. The largest absolute Gasteiger partial charge is 0.422 e. The van der Waals surface area contributed by atoms with Crippen LogP contribution in [0.3, 0.4) is 0 Å². The maximum atomic E-state index is 12.0. The van der Waals surface area contributed by atoms with Crippen LogP contribution in [0, 0.1) is 11.3 Å². The quantitative estimate of drug-likeness (QED) is 0.852. The number of benzene rings is 1. The van der Waals surface area contributed by atoms with Gasteiger partial charge in [-0.25, -0.2) is 4.79 Å². The Kier molecular flexibility index (Phi) is 3.68. The molecule has 0 amide bonds. The molecule has 0 atom stereocenters. The van der Waals surface area contributed by atoms with Crippen molar-refractivity contribution in [3.05, 3.63) is 51.3 Å². The van der Waals surface area contributed by atoms with E-state index in [2.05, 4.69) is 4.90 Å². The number of halogens is 1. The molecule has 2 heterocycles. The van der Waals surface area contributed by atoms with Crippen LogP contribution in [0.25, 0.3) is 11.3 Å². The van der Waals surface area contributed by atoms with E-state index in [4.69, 9.17) is 16.0 Å². The molecule has 1 saturated heterocycles. The molecule has 0 spiro atoms. The number of nitrogens with zero attached hydrogens (tertiary/aromatic N) is 2. The van der Waals surface area contributed by atoms with Crippen molar-refractivity contribution >= 4 is 17.3 Å². The van der Waals surface area contributed by atoms with E-state index in [0.29, 0.717) is 16.5 Å². The molecular weight excluding hydrogens is 288 g/mol. The number of anilines is 1. The lowest BCUT2D eigenvalue weighted by Crippen LogP contribution is -2.22. The standard InChI is InChI=1S/C16H13ClN2O2/c17-12-5-3-11(4-6-12)15-9-14(19-7-1-2-8-19)13(10-18)16(20)21-15/h3-6,9H,1-2,7-8H2. The Labute approximate surface area is 127 Å². The van der Waals surface area contributed by atoms with E-state index >= 15 is 0 Å². The van der Waals surface area contributed by atoms with Gasteiger partial charge in [-0.2, -0.15) is 5.26 Å². The summed E-state index contributed by atoms with van der Waals surface area (Å²) >= 11 is 5.87. The Hall–Kier alpha value is -2.25. The molecule has 0 radical (unpaired) electrons. The second kappa shape index (κ2) is 5.63. The lowest BCUT2D eigenvalue weighted by Gasteiger charge is -2.18. The maximum absolute atomic E-state index is 12.0. The minimum atomic E-state index is -0.591. The van der Waals surface area contributed by atoms with Crippen LogP contribution < -0.4 is 10.5 Å². The molecule has 1 aromatic carbocycles. The summed E-state index contributed by atoms with van der Waals surface area (Å²) in [6, 6.07) is 10.8. The summed E-state index contributed by atoms with van der Waals surface area (Å²) in [5.74, 6) is 0.456. The van der Waals surface area contributed by atoms with E-state index in [1.807, 2.05) is 6.07 Å². The molecule has 0 bridgehead atoms. The van der Waals surface area contributed by atoms with Crippen LogP contribution in [-0.4, -0.2) is 13.1 Å². The van der Waals surface area contributed by atoms with E-state index in [9.17, 15) is 10.1 Å². The summed E-state index contributed by atoms with van der Waals surface area (Å²) in [5.41, 5.74) is 0.916. The van der Waals surface area contributed by atoms with Crippen molar-refractivity contribution in [2.24, 2.45) is 0 Å². The fraction of sp³-hybridized carbons (Fsp3) is 0.250. The van der Waals surface area contributed by atoms with Crippen LogP contribution in [0.1, 0.15) is 18.4 Å². The molecular formula is C16H13ClN2O2. The molecule has 1 aromatic heterocycles. The summed E-state index contributed by atoms with van der Waals surface area (Å²) in [6.07, 6.45) is 2.14. The minimum absolute atomic E-state index is 0.0783. The van der Waals surface area contributed by atoms with Crippen LogP contribution >= 0.6 is 11.6 Å².